The highest BCUT2D eigenvalue weighted by Gasteiger charge is 2.24. The molecule has 0 spiro atoms. The lowest BCUT2D eigenvalue weighted by molar-refractivity contribution is 0.0938. The third-order valence-electron chi connectivity index (χ3n) is 5.20. The van der Waals surface area contributed by atoms with Gasteiger partial charge in [0.2, 0.25) is 11.8 Å². The Morgan fingerprint density at radius 3 is 2.19 bits per heavy atom. The topological polar surface area (TPSA) is 68.0 Å². The molecule has 32 heavy (non-hydrogen) atoms. The lowest BCUT2D eigenvalue weighted by Crippen LogP contribution is -2.29. The van der Waals surface area contributed by atoms with Gasteiger partial charge in [0.15, 0.2) is 0 Å². The van der Waals surface area contributed by atoms with Crippen LogP contribution in [0, 0.1) is 0 Å². The largest absolute Gasteiger partial charge is 0.418 e. The standard InChI is InChI=1S/C26H24ClN3O2/c1-26(2,3)20-13-9-18(10-14-20)23(31)28-22(17-7-5-4-6-8-17)25-30-29-24(32-25)19-11-15-21(27)16-12-19/h4-16,22H,1-3H3,(H,28,31). The molecule has 1 unspecified atom stereocenters. The molecule has 1 atom stereocenters. The maximum absolute atomic E-state index is 13.1. The molecule has 4 aromatic rings. The Kier molecular flexibility index (Phi) is 6.10. The SMILES string of the molecule is CC(C)(C)c1ccc(C(=O)NC(c2ccccc2)c2nnc(-c3ccc(Cl)cc3)o2)cc1. The highest BCUT2D eigenvalue weighted by molar-refractivity contribution is 6.30. The number of hydrogen-bond donors (Lipinski definition) is 1. The zero-order valence-electron chi connectivity index (χ0n) is 18.2. The molecule has 4 rings (SSSR count). The van der Waals surface area contributed by atoms with Crippen molar-refractivity contribution in [3.8, 4) is 11.5 Å². The molecule has 0 saturated carbocycles. The second-order valence-corrected chi connectivity index (χ2v) is 9.03. The fourth-order valence-corrected chi connectivity index (χ4v) is 3.46. The lowest BCUT2D eigenvalue weighted by Gasteiger charge is -2.19. The Labute approximate surface area is 192 Å². The van der Waals surface area contributed by atoms with Crippen LogP contribution in [0.1, 0.15) is 54.2 Å². The molecule has 0 aliphatic rings. The number of carbonyl (C=O) groups excluding carboxylic acids is 1. The summed E-state index contributed by atoms with van der Waals surface area (Å²) in [5.41, 5.74) is 3.35. The molecule has 0 fully saturated rings. The summed E-state index contributed by atoms with van der Waals surface area (Å²) in [6.07, 6.45) is 0. The van der Waals surface area contributed by atoms with Gasteiger partial charge >= 0.3 is 0 Å². The van der Waals surface area contributed by atoms with Crippen molar-refractivity contribution in [1.29, 1.82) is 0 Å². The van der Waals surface area contributed by atoms with Crippen molar-refractivity contribution in [2.75, 3.05) is 0 Å². The van der Waals surface area contributed by atoms with E-state index in [2.05, 4.69) is 36.3 Å². The molecular weight excluding hydrogens is 422 g/mol. The summed E-state index contributed by atoms with van der Waals surface area (Å²) in [6.45, 7) is 6.42. The van der Waals surface area contributed by atoms with Gasteiger partial charge in [0.25, 0.3) is 5.91 Å². The van der Waals surface area contributed by atoms with Gasteiger partial charge in [-0.3, -0.25) is 4.79 Å². The summed E-state index contributed by atoms with van der Waals surface area (Å²) < 4.78 is 5.95. The Bertz CT molecular complexity index is 1190. The Hall–Kier alpha value is -3.44. The van der Waals surface area contributed by atoms with Gasteiger partial charge in [-0.1, -0.05) is 74.8 Å². The van der Waals surface area contributed by atoms with Crippen LogP contribution < -0.4 is 5.32 Å². The van der Waals surface area contributed by atoms with Crippen molar-refractivity contribution in [2.24, 2.45) is 0 Å². The van der Waals surface area contributed by atoms with Crippen LogP contribution in [-0.2, 0) is 5.41 Å². The molecule has 162 valence electrons. The van der Waals surface area contributed by atoms with Crippen molar-refractivity contribution in [3.05, 3.63) is 106 Å². The molecule has 1 N–H and O–H groups in total. The summed E-state index contributed by atoms with van der Waals surface area (Å²) in [7, 11) is 0. The first kappa shape index (κ1) is 21.8. The minimum absolute atomic E-state index is 0.0173. The van der Waals surface area contributed by atoms with Crippen molar-refractivity contribution in [1.82, 2.24) is 15.5 Å². The summed E-state index contributed by atoms with van der Waals surface area (Å²) in [6, 6.07) is 23.8. The normalized spacial score (nSPS) is 12.4. The predicted octanol–water partition coefficient (Wildman–Crippen LogP) is 6.21. The lowest BCUT2D eigenvalue weighted by atomic mass is 9.86. The van der Waals surface area contributed by atoms with Crippen molar-refractivity contribution in [3.63, 3.8) is 0 Å². The summed E-state index contributed by atoms with van der Waals surface area (Å²) >= 11 is 5.97. The third-order valence-corrected chi connectivity index (χ3v) is 5.45. The number of hydrogen-bond acceptors (Lipinski definition) is 4. The molecule has 1 aromatic heterocycles. The van der Waals surface area contributed by atoms with Crippen LogP contribution in [0.4, 0.5) is 0 Å². The number of aromatic nitrogens is 2. The summed E-state index contributed by atoms with van der Waals surface area (Å²) in [4.78, 5) is 13.1. The maximum Gasteiger partial charge on any atom is 0.252 e. The summed E-state index contributed by atoms with van der Waals surface area (Å²) in [5.74, 6) is 0.452. The van der Waals surface area contributed by atoms with E-state index in [1.54, 1.807) is 12.1 Å². The van der Waals surface area contributed by atoms with Gasteiger partial charge < -0.3 is 9.73 Å². The second-order valence-electron chi connectivity index (χ2n) is 8.60. The van der Waals surface area contributed by atoms with E-state index in [0.29, 0.717) is 22.4 Å². The molecule has 1 heterocycles. The fourth-order valence-electron chi connectivity index (χ4n) is 3.33. The first-order valence-electron chi connectivity index (χ1n) is 10.4. The highest BCUT2D eigenvalue weighted by atomic mass is 35.5. The van der Waals surface area contributed by atoms with Crippen molar-refractivity contribution >= 4 is 17.5 Å². The van der Waals surface area contributed by atoms with Crippen molar-refractivity contribution < 1.29 is 9.21 Å². The zero-order valence-corrected chi connectivity index (χ0v) is 18.9. The van der Waals surface area contributed by atoms with E-state index in [-0.39, 0.29) is 11.3 Å². The average Bonchev–Trinajstić information content (AvgIpc) is 3.28. The van der Waals surface area contributed by atoms with Crippen LogP contribution in [0.3, 0.4) is 0 Å². The Morgan fingerprint density at radius 1 is 0.906 bits per heavy atom. The number of nitrogens with zero attached hydrogens (tertiary/aromatic N) is 2. The van der Waals surface area contributed by atoms with E-state index in [4.69, 9.17) is 16.0 Å². The van der Waals surface area contributed by atoms with Crippen LogP contribution in [0.25, 0.3) is 11.5 Å². The Balaban J connectivity index is 1.62. The minimum atomic E-state index is -0.584. The first-order chi connectivity index (χ1) is 15.3. The van der Waals surface area contributed by atoms with E-state index in [0.717, 1.165) is 16.7 Å². The van der Waals surface area contributed by atoms with Crippen molar-refractivity contribution in [2.45, 2.75) is 32.2 Å². The van der Waals surface area contributed by atoms with Crippen LogP contribution in [0.15, 0.2) is 83.3 Å². The predicted molar refractivity (Wildman–Crippen MR) is 126 cm³/mol. The zero-order chi connectivity index (χ0) is 22.7. The molecule has 3 aromatic carbocycles. The van der Waals surface area contributed by atoms with Gasteiger partial charge in [-0.15, -0.1) is 10.2 Å². The van der Waals surface area contributed by atoms with E-state index in [1.165, 1.54) is 0 Å². The smallest absolute Gasteiger partial charge is 0.252 e. The molecule has 0 aliphatic heterocycles. The molecule has 0 aliphatic carbocycles. The number of rotatable bonds is 5. The van der Waals surface area contributed by atoms with Crippen LogP contribution >= 0.6 is 11.6 Å². The quantitative estimate of drug-likeness (QED) is 0.396. The highest BCUT2D eigenvalue weighted by Crippen LogP contribution is 2.27. The van der Waals surface area contributed by atoms with Crippen LogP contribution in [0.5, 0.6) is 0 Å². The van der Waals surface area contributed by atoms with E-state index in [1.807, 2.05) is 66.7 Å². The fraction of sp³-hybridized carbons (Fsp3) is 0.192. The molecule has 0 radical (unpaired) electrons. The monoisotopic (exact) mass is 445 g/mol. The second kappa shape index (κ2) is 8.97. The van der Waals surface area contributed by atoms with Crippen LogP contribution in [-0.4, -0.2) is 16.1 Å². The molecule has 1 amide bonds. The van der Waals surface area contributed by atoms with Gasteiger partial charge in [0.1, 0.15) is 6.04 Å². The van der Waals surface area contributed by atoms with Gasteiger partial charge in [-0.05, 0) is 52.9 Å². The molecule has 0 bridgehead atoms. The number of carbonyl (C=O) groups is 1. The number of halogens is 1. The number of amides is 1. The van der Waals surface area contributed by atoms with Crippen LogP contribution in [0.2, 0.25) is 5.02 Å². The minimum Gasteiger partial charge on any atom is -0.418 e. The maximum atomic E-state index is 13.1. The third kappa shape index (κ3) is 4.89. The molecule has 6 heteroatoms. The summed E-state index contributed by atoms with van der Waals surface area (Å²) in [5, 5.41) is 12.1. The first-order valence-corrected chi connectivity index (χ1v) is 10.7. The molecular formula is C26H24ClN3O2. The molecule has 5 nitrogen and oxygen atoms in total. The van der Waals surface area contributed by atoms with Gasteiger partial charge in [0, 0.05) is 16.1 Å². The van der Waals surface area contributed by atoms with E-state index in [9.17, 15) is 4.79 Å². The van der Waals surface area contributed by atoms with E-state index >= 15 is 0 Å². The van der Waals surface area contributed by atoms with Gasteiger partial charge in [-0.25, -0.2) is 0 Å². The Morgan fingerprint density at radius 2 is 1.56 bits per heavy atom. The van der Waals surface area contributed by atoms with Gasteiger partial charge in [-0.2, -0.15) is 0 Å². The van der Waals surface area contributed by atoms with E-state index < -0.39 is 6.04 Å². The molecule has 0 saturated heterocycles. The number of benzene rings is 3. The average molecular weight is 446 g/mol. The van der Waals surface area contributed by atoms with Gasteiger partial charge in [0.05, 0.1) is 0 Å². The number of nitrogens with one attached hydrogen (secondary N) is 1.